The Bertz CT molecular complexity index is 832. The van der Waals surface area contributed by atoms with E-state index in [4.69, 9.17) is 0 Å². The molecule has 3 heterocycles. The predicted molar refractivity (Wildman–Crippen MR) is 94.0 cm³/mol. The lowest BCUT2D eigenvalue weighted by Crippen LogP contribution is -2.61. The fourth-order valence-corrected chi connectivity index (χ4v) is 3.25. The lowest BCUT2D eigenvalue weighted by atomic mass is 10.1. The Balaban J connectivity index is 2.21. The number of aryl methyl sites for hydroxylation is 1. The van der Waals surface area contributed by atoms with Gasteiger partial charge < -0.3 is 0 Å². The number of hydrogen-bond donors (Lipinski definition) is 0. The number of likely N-dealkylation sites (N-methyl/N-ethyl adjacent to an activating group) is 2. The van der Waals surface area contributed by atoms with E-state index in [0.29, 0.717) is 24.3 Å². The topological polar surface area (TPSA) is 73.8 Å². The molecule has 1 atom stereocenters. The molecule has 3 rings (SSSR count). The molecule has 1 saturated heterocycles. The number of amides is 3. The van der Waals surface area contributed by atoms with E-state index in [9.17, 15) is 9.59 Å². The average molecular weight is 345 g/mol. The molecule has 2 aliphatic rings. The SMILES string of the molecule is Cc1nn(C2=[N+](CC(C)C)C3C(=O)N(C)C(=O)N(C)C3=N2)c(C)c1C. The van der Waals surface area contributed by atoms with Crippen molar-refractivity contribution in [1.82, 2.24) is 19.6 Å². The highest BCUT2D eigenvalue weighted by molar-refractivity contribution is 6.22. The highest BCUT2D eigenvalue weighted by Gasteiger charge is 2.52. The first-order valence-corrected chi connectivity index (χ1v) is 8.45. The van der Waals surface area contributed by atoms with E-state index in [2.05, 4.69) is 23.9 Å². The molecule has 0 aliphatic carbocycles. The predicted octanol–water partition coefficient (Wildman–Crippen LogP) is 0.985. The van der Waals surface area contributed by atoms with E-state index >= 15 is 0 Å². The Labute approximate surface area is 147 Å². The van der Waals surface area contributed by atoms with Gasteiger partial charge in [-0.25, -0.2) is 9.37 Å². The Morgan fingerprint density at radius 1 is 1.12 bits per heavy atom. The van der Waals surface area contributed by atoms with Gasteiger partial charge in [-0.2, -0.15) is 0 Å². The molecule has 0 aromatic carbocycles. The molecule has 1 aromatic heterocycles. The van der Waals surface area contributed by atoms with E-state index in [1.165, 1.54) is 11.9 Å². The van der Waals surface area contributed by atoms with Crippen molar-refractivity contribution >= 4 is 23.7 Å². The molecule has 8 nitrogen and oxygen atoms in total. The van der Waals surface area contributed by atoms with E-state index in [1.54, 1.807) is 11.7 Å². The number of imide groups is 1. The fourth-order valence-electron chi connectivity index (χ4n) is 3.25. The van der Waals surface area contributed by atoms with Crippen molar-refractivity contribution in [3.63, 3.8) is 0 Å². The first-order valence-electron chi connectivity index (χ1n) is 8.45. The number of amidine groups is 1. The molecule has 3 amide bonds. The van der Waals surface area contributed by atoms with Crippen LogP contribution in [0.2, 0.25) is 0 Å². The van der Waals surface area contributed by atoms with Crippen LogP contribution in [-0.2, 0) is 4.79 Å². The molecule has 0 radical (unpaired) electrons. The van der Waals surface area contributed by atoms with Gasteiger partial charge in [0.15, 0.2) is 0 Å². The van der Waals surface area contributed by atoms with E-state index in [0.717, 1.165) is 21.9 Å². The summed E-state index contributed by atoms with van der Waals surface area (Å²) in [6.07, 6.45) is 0. The van der Waals surface area contributed by atoms with Crippen LogP contribution in [0.25, 0.3) is 0 Å². The van der Waals surface area contributed by atoms with E-state index in [-0.39, 0.29) is 11.9 Å². The monoisotopic (exact) mass is 345 g/mol. The van der Waals surface area contributed by atoms with E-state index in [1.807, 2.05) is 25.3 Å². The van der Waals surface area contributed by atoms with Gasteiger partial charge in [0, 0.05) is 19.7 Å². The second kappa shape index (κ2) is 5.79. The van der Waals surface area contributed by atoms with Crippen molar-refractivity contribution in [2.45, 2.75) is 40.7 Å². The number of aromatic nitrogens is 2. The van der Waals surface area contributed by atoms with Gasteiger partial charge in [0.25, 0.3) is 5.91 Å². The highest BCUT2D eigenvalue weighted by atomic mass is 16.2. The number of nitrogens with zero attached hydrogens (tertiary/aromatic N) is 6. The zero-order chi connectivity index (χ0) is 18.6. The maximum atomic E-state index is 12.8. The second-order valence-electron chi connectivity index (χ2n) is 7.17. The third kappa shape index (κ3) is 2.47. The molecule has 134 valence electrons. The molecule has 0 N–H and O–H groups in total. The van der Waals surface area contributed by atoms with Gasteiger partial charge in [0.1, 0.15) is 5.69 Å². The first kappa shape index (κ1) is 17.3. The van der Waals surface area contributed by atoms with Gasteiger partial charge in [0.05, 0.1) is 12.2 Å². The number of aliphatic imine (C=N–C) groups is 1. The maximum absolute atomic E-state index is 12.8. The molecule has 1 aromatic rings. The largest absolute Gasteiger partial charge is 0.421 e. The van der Waals surface area contributed by atoms with Crippen molar-refractivity contribution < 1.29 is 14.2 Å². The molecule has 0 spiro atoms. The maximum Gasteiger partial charge on any atom is 0.421 e. The molecule has 2 aliphatic heterocycles. The standard InChI is InChI=1S/C17H25N6O2/c1-9(2)8-22-13-14(20(6)17(25)21(7)15(13)24)18-16(22)23-12(5)10(3)11(4)19-23/h9,13H,8H2,1-7H3/q+1. The Morgan fingerprint density at radius 3 is 2.28 bits per heavy atom. The Morgan fingerprint density at radius 2 is 1.76 bits per heavy atom. The third-order valence-electron chi connectivity index (χ3n) is 4.91. The Kier molecular flexibility index (Phi) is 4.01. The van der Waals surface area contributed by atoms with Crippen molar-refractivity contribution in [3.8, 4) is 0 Å². The summed E-state index contributed by atoms with van der Waals surface area (Å²) in [5.74, 6) is 1.14. The summed E-state index contributed by atoms with van der Waals surface area (Å²) in [4.78, 5) is 32.3. The summed E-state index contributed by atoms with van der Waals surface area (Å²) in [5.41, 5.74) is 3.01. The highest BCUT2D eigenvalue weighted by Crippen LogP contribution is 2.22. The van der Waals surface area contributed by atoms with Gasteiger partial charge in [-0.1, -0.05) is 18.8 Å². The van der Waals surface area contributed by atoms with Gasteiger partial charge in [-0.3, -0.25) is 14.6 Å². The summed E-state index contributed by atoms with van der Waals surface area (Å²) in [5, 5.41) is 4.60. The van der Waals surface area contributed by atoms with Crippen LogP contribution in [0.4, 0.5) is 4.79 Å². The number of urea groups is 1. The van der Waals surface area contributed by atoms with Gasteiger partial charge in [-0.15, -0.1) is 9.78 Å². The number of carbonyl (C=O) groups is 2. The number of hydrogen-bond acceptors (Lipinski definition) is 4. The minimum Gasteiger partial charge on any atom is -0.270 e. The third-order valence-corrected chi connectivity index (χ3v) is 4.91. The lowest BCUT2D eigenvalue weighted by Gasteiger charge is -2.32. The van der Waals surface area contributed by atoms with Gasteiger partial charge >= 0.3 is 12.0 Å². The zero-order valence-corrected chi connectivity index (χ0v) is 15.9. The van der Waals surface area contributed by atoms with Crippen LogP contribution < -0.4 is 0 Å². The van der Waals surface area contributed by atoms with Crippen LogP contribution in [0.15, 0.2) is 4.99 Å². The van der Waals surface area contributed by atoms with Crippen LogP contribution >= 0.6 is 0 Å². The quantitative estimate of drug-likeness (QED) is 0.750. The smallest absolute Gasteiger partial charge is 0.270 e. The number of carbonyl (C=O) groups excluding carboxylic acids is 2. The second-order valence-corrected chi connectivity index (χ2v) is 7.17. The average Bonchev–Trinajstić information content (AvgIpc) is 3.03. The van der Waals surface area contributed by atoms with Crippen molar-refractivity contribution in [3.05, 3.63) is 17.0 Å². The molecule has 1 fully saturated rings. The van der Waals surface area contributed by atoms with Crippen LogP contribution in [-0.4, -0.2) is 74.6 Å². The molecule has 0 bridgehead atoms. The summed E-state index contributed by atoms with van der Waals surface area (Å²) < 4.78 is 3.74. The lowest BCUT2D eigenvalue weighted by molar-refractivity contribution is -0.543. The van der Waals surface area contributed by atoms with Crippen molar-refractivity contribution in [2.24, 2.45) is 10.9 Å². The molecule has 1 unspecified atom stereocenters. The fraction of sp³-hybridized carbons (Fsp3) is 0.588. The van der Waals surface area contributed by atoms with Crippen LogP contribution in [0, 0.1) is 26.7 Å². The summed E-state index contributed by atoms with van der Waals surface area (Å²) in [7, 11) is 3.16. The molecular formula is C17H25N6O2+. The van der Waals surface area contributed by atoms with Gasteiger partial charge in [0.2, 0.25) is 11.9 Å². The summed E-state index contributed by atoms with van der Waals surface area (Å²) in [6, 6.07) is -0.954. The Hall–Kier alpha value is -2.51. The molecule has 25 heavy (non-hydrogen) atoms. The molecular weight excluding hydrogens is 320 g/mol. The van der Waals surface area contributed by atoms with Crippen molar-refractivity contribution in [2.75, 3.05) is 20.6 Å². The summed E-state index contributed by atoms with van der Waals surface area (Å²) >= 11 is 0. The zero-order valence-electron chi connectivity index (χ0n) is 15.9. The minimum atomic E-state index is -0.589. The number of rotatable bonds is 2. The first-order chi connectivity index (χ1) is 11.6. The summed E-state index contributed by atoms with van der Waals surface area (Å²) in [6.45, 7) is 10.8. The van der Waals surface area contributed by atoms with Gasteiger partial charge in [-0.05, 0) is 26.7 Å². The minimum absolute atomic E-state index is 0.254. The number of fused-ring (bicyclic) bond motifs is 1. The van der Waals surface area contributed by atoms with E-state index < -0.39 is 6.04 Å². The van der Waals surface area contributed by atoms with Crippen molar-refractivity contribution in [1.29, 1.82) is 0 Å². The molecule has 0 saturated carbocycles. The van der Waals surface area contributed by atoms with Crippen LogP contribution in [0.3, 0.4) is 0 Å². The van der Waals surface area contributed by atoms with Crippen LogP contribution in [0.1, 0.15) is 30.8 Å². The van der Waals surface area contributed by atoms with Crippen LogP contribution in [0.5, 0.6) is 0 Å². The normalized spacial score (nSPS) is 20.8. The molecule has 8 heteroatoms.